The highest BCUT2D eigenvalue weighted by atomic mass is 16.5. The van der Waals surface area contributed by atoms with Crippen LogP contribution in [0.2, 0.25) is 0 Å². The summed E-state index contributed by atoms with van der Waals surface area (Å²) < 4.78 is 10.8. The van der Waals surface area contributed by atoms with Crippen LogP contribution in [0, 0.1) is 0 Å². The zero-order valence-corrected chi connectivity index (χ0v) is 14.4. The maximum absolute atomic E-state index is 11.3. The van der Waals surface area contributed by atoms with E-state index in [9.17, 15) is 9.90 Å². The Morgan fingerprint density at radius 1 is 1.32 bits per heavy atom. The van der Waals surface area contributed by atoms with Gasteiger partial charge in [-0.2, -0.15) is 0 Å². The van der Waals surface area contributed by atoms with Gasteiger partial charge in [0.2, 0.25) is 0 Å². The largest absolute Gasteiger partial charge is 0.497 e. The van der Waals surface area contributed by atoms with Crippen LogP contribution in [0.25, 0.3) is 0 Å². The summed E-state index contributed by atoms with van der Waals surface area (Å²) in [6, 6.07) is 9.10. The van der Waals surface area contributed by atoms with Gasteiger partial charge in [-0.25, -0.2) is 4.79 Å². The Morgan fingerprint density at radius 3 is 2.88 bits per heavy atom. The van der Waals surface area contributed by atoms with Crippen molar-refractivity contribution in [3.63, 3.8) is 0 Å². The molecular weight excluding hydrogens is 320 g/mol. The van der Waals surface area contributed by atoms with Gasteiger partial charge in [0.25, 0.3) is 0 Å². The average Bonchev–Trinajstić information content (AvgIpc) is 3.09. The zero-order valence-electron chi connectivity index (χ0n) is 14.4. The number of pyridine rings is 1. The molecular formula is C19H22N2O4. The van der Waals surface area contributed by atoms with Crippen molar-refractivity contribution in [1.82, 2.24) is 9.88 Å². The van der Waals surface area contributed by atoms with E-state index >= 15 is 0 Å². The first-order valence-electron chi connectivity index (χ1n) is 8.24. The predicted octanol–water partition coefficient (Wildman–Crippen LogP) is 2.79. The molecule has 0 amide bonds. The molecule has 1 aromatic heterocycles. The Morgan fingerprint density at radius 2 is 2.16 bits per heavy atom. The molecule has 6 heteroatoms. The molecule has 1 fully saturated rings. The highest BCUT2D eigenvalue weighted by Gasteiger charge is 2.27. The Labute approximate surface area is 147 Å². The average molecular weight is 342 g/mol. The number of carboxylic acid groups (broad SMARTS) is 1. The summed E-state index contributed by atoms with van der Waals surface area (Å²) in [6.07, 6.45) is 2.62. The van der Waals surface area contributed by atoms with Crippen LogP contribution in [-0.2, 0) is 6.54 Å². The summed E-state index contributed by atoms with van der Waals surface area (Å²) in [5.74, 6) is 1.05. The number of aromatic nitrogens is 1. The number of rotatable bonds is 6. The van der Waals surface area contributed by atoms with Crippen LogP contribution in [0.1, 0.15) is 34.0 Å². The quantitative estimate of drug-likeness (QED) is 0.870. The van der Waals surface area contributed by atoms with Crippen molar-refractivity contribution in [3.8, 4) is 11.5 Å². The van der Waals surface area contributed by atoms with Crippen LogP contribution in [0.15, 0.2) is 36.5 Å². The Hall–Kier alpha value is -2.60. The Bertz CT molecular complexity index is 763. The van der Waals surface area contributed by atoms with Crippen molar-refractivity contribution >= 4 is 5.97 Å². The van der Waals surface area contributed by atoms with Gasteiger partial charge in [0, 0.05) is 30.8 Å². The minimum Gasteiger partial charge on any atom is -0.497 e. The lowest BCUT2D eigenvalue weighted by atomic mass is 9.97. The topological polar surface area (TPSA) is 71.9 Å². The molecule has 0 radical (unpaired) electrons. The molecule has 0 spiro atoms. The van der Waals surface area contributed by atoms with Gasteiger partial charge < -0.3 is 14.6 Å². The first kappa shape index (κ1) is 17.2. The summed E-state index contributed by atoms with van der Waals surface area (Å²) in [7, 11) is 3.33. The molecule has 0 unspecified atom stereocenters. The van der Waals surface area contributed by atoms with E-state index in [0.29, 0.717) is 18.2 Å². The molecule has 0 saturated carbocycles. The molecule has 6 nitrogen and oxygen atoms in total. The molecule has 2 aromatic rings. The van der Waals surface area contributed by atoms with Gasteiger partial charge in [-0.3, -0.25) is 9.88 Å². The predicted molar refractivity (Wildman–Crippen MR) is 93.4 cm³/mol. The summed E-state index contributed by atoms with van der Waals surface area (Å²) in [6.45, 7) is 2.26. The van der Waals surface area contributed by atoms with Crippen molar-refractivity contribution in [1.29, 1.82) is 0 Å². The second kappa shape index (κ2) is 7.53. The van der Waals surface area contributed by atoms with E-state index in [4.69, 9.17) is 9.47 Å². The molecule has 132 valence electrons. The standard InChI is InChI=1S/C19H22N2O4/c1-24-14-5-6-18(25-2)16(10-14)13-7-9-21(11-13)12-17-15(19(22)23)4-3-8-20-17/h3-6,8,10,13H,7,9,11-12H2,1-2H3,(H,22,23)/t13-/m1/s1. The van der Waals surface area contributed by atoms with Gasteiger partial charge in [-0.15, -0.1) is 0 Å². The van der Waals surface area contributed by atoms with Gasteiger partial charge in [-0.1, -0.05) is 0 Å². The molecule has 25 heavy (non-hydrogen) atoms. The molecule has 0 aliphatic carbocycles. The van der Waals surface area contributed by atoms with Crippen LogP contribution in [0.4, 0.5) is 0 Å². The van der Waals surface area contributed by atoms with Gasteiger partial charge >= 0.3 is 5.97 Å². The molecule has 0 bridgehead atoms. The van der Waals surface area contributed by atoms with E-state index in [1.54, 1.807) is 32.5 Å². The van der Waals surface area contributed by atoms with Gasteiger partial charge in [0.05, 0.1) is 25.5 Å². The van der Waals surface area contributed by atoms with Crippen molar-refractivity contribution < 1.29 is 19.4 Å². The fourth-order valence-corrected chi connectivity index (χ4v) is 3.36. The number of carboxylic acids is 1. The summed E-state index contributed by atoms with van der Waals surface area (Å²) in [5, 5.41) is 9.31. The van der Waals surface area contributed by atoms with Crippen LogP contribution in [0.3, 0.4) is 0 Å². The van der Waals surface area contributed by atoms with E-state index < -0.39 is 5.97 Å². The van der Waals surface area contributed by atoms with E-state index in [0.717, 1.165) is 36.6 Å². The number of hydrogen-bond donors (Lipinski definition) is 1. The number of carbonyl (C=O) groups is 1. The Balaban J connectivity index is 1.76. The number of likely N-dealkylation sites (tertiary alicyclic amines) is 1. The molecule has 1 aromatic carbocycles. The number of ether oxygens (including phenoxy) is 2. The Kier molecular flexibility index (Phi) is 5.19. The molecule has 1 aliphatic rings. The molecule has 1 atom stereocenters. The normalized spacial score (nSPS) is 17.4. The third-order valence-electron chi connectivity index (χ3n) is 4.64. The second-order valence-corrected chi connectivity index (χ2v) is 6.13. The summed E-state index contributed by atoms with van der Waals surface area (Å²) in [5.41, 5.74) is 2.00. The van der Waals surface area contributed by atoms with E-state index in [-0.39, 0.29) is 5.56 Å². The number of nitrogens with zero attached hydrogens (tertiary/aromatic N) is 2. The monoisotopic (exact) mass is 342 g/mol. The SMILES string of the molecule is COc1ccc(OC)c([C@@H]2CCN(Cc3ncccc3C(=O)O)C2)c1. The second-order valence-electron chi connectivity index (χ2n) is 6.13. The lowest BCUT2D eigenvalue weighted by Gasteiger charge is -2.18. The highest BCUT2D eigenvalue weighted by Crippen LogP contribution is 2.36. The van der Waals surface area contributed by atoms with Crippen LogP contribution in [-0.4, -0.2) is 48.3 Å². The number of hydrogen-bond acceptors (Lipinski definition) is 5. The minimum atomic E-state index is -0.937. The third kappa shape index (κ3) is 3.74. The third-order valence-corrected chi connectivity index (χ3v) is 4.64. The van der Waals surface area contributed by atoms with E-state index in [1.165, 1.54) is 0 Å². The van der Waals surface area contributed by atoms with Crippen molar-refractivity contribution in [2.75, 3.05) is 27.3 Å². The molecule has 3 rings (SSSR count). The molecule has 1 N–H and O–H groups in total. The first-order chi connectivity index (χ1) is 12.1. The molecule has 1 saturated heterocycles. The van der Waals surface area contributed by atoms with Gasteiger partial charge in [-0.05, 0) is 43.3 Å². The van der Waals surface area contributed by atoms with Crippen LogP contribution in [0.5, 0.6) is 11.5 Å². The lowest BCUT2D eigenvalue weighted by molar-refractivity contribution is 0.0694. The lowest BCUT2D eigenvalue weighted by Crippen LogP contribution is -2.22. The van der Waals surface area contributed by atoms with Crippen molar-refractivity contribution in [2.45, 2.75) is 18.9 Å². The van der Waals surface area contributed by atoms with Crippen LogP contribution < -0.4 is 9.47 Å². The maximum atomic E-state index is 11.3. The van der Waals surface area contributed by atoms with Crippen LogP contribution >= 0.6 is 0 Å². The highest BCUT2D eigenvalue weighted by molar-refractivity contribution is 5.88. The number of methoxy groups -OCH3 is 2. The minimum absolute atomic E-state index is 0.268. The number of aromatic carboxylic acids is 1. The van der Waals surface area contributed by atoms with E-state index in [1.807, 2.05) is 18.2 Å². The zero-order chi connectivity index (χ0) is 17.8. The number of benzene rings is 1. The summed E-state index contributed by atoms with van der Waals surface area (Å²) >= 11 is 0. The first-order valence-corrected chi connectivity index (χ1v) is 8.24. The molecule has 2 heterocycles. The fourth-order valence-electron chi connectivity index (χ4n) is 3.36. The smallest absolute Gasteiger partial charge is 0.337 e. The fraction of sp³-hybridized carbons (Fsp3) is 0.368. The van der Waals surface area contributed by atoms with Crippen molar-refractivity contribution in [2.24, 2.45) is 0 Å². The van der Waals surface area contributed by atoms with Gasteiger partial charge in [0.15, 0.2) is 0 Å². The van der Waals surface area contributed by atoms with E-state index in [2.05, 4.69) is 9.88 Å². The maximum Gasteiger partial charge on any atom is 0.337 e. The van der Waals surface area contributed by atoms with Crippen molar-refractivity contribution in [3.05, 3.63) is 53.3 Å². The van der Waals surface area contributed by atoms with Gasteiger partial charge in [0.1, 0.15) is 11.5 Å². The summed E-state index contributed by atoms with van der Waals surface area (Å²) in [4.78, 5) is 17.8. The molecule has 1 aliphatic heterocycles.